The molecule has 0 bridgehead atoms. The molecule has 1 fully saturated rings. The maximum Gasteiger partial charge on any atom is 0.290 e. The number of ketones is 1. The summed E-state index contributed by atoms with van der Waals surface area (Å²) in [5.41, 5.74) is 1.31. The highest BCUT2D eigenvalue weighted by atomic mass is 16.5. The Morgan fingerprint density at radius 2 is 1.90 bits per heavy atom. The molecule has 1 amide bonds. The van der Waals surface area contributed by atoms with Crippen molar-refractivity contribution in [2.45, 2.75) is 64.0 Å². The molecule has 0 spiro atoms. The van der Waals surface area contributed by atoms with Gasteiger partial charge in [-0.3, -0.25) is 9.59 Å². The molecule has 4 rings (SSSR count). The first-order valence-electron chi connectivity index (χ1n) is 11.2. The van der Waals surface area contributed by atoms with Crippen molar-refractivity contribution in [2.24, 2.45) is 5.92 Å². The number of aliphatic hydroxyl groups excluding tert-OH is 1. The number of unbranched alkanes of at least 4 members (excludes halogenated alkanes) is 2. The smallest absolute Gasteiger partial charge is 0.290 e. The first kappa shape index (κ1) is 20.9. The topological polar surface area (TPSA) is 76.1 Å². The summed E-state index contributed by atoms with van der Waals surface area (Å²) in [6, 6.07) is 7.09. The quantitative estimate of drug-likeness (QED) is 0.660. The standard InChI is InChI=1S/C24H31NO5/c1-2-3-6-15-29-17-11-9-16(10-12-17)21-20-22(27)18-7-4-5-8-19(18)30-23(20)24(28)25(21)13-14-26/h9-12,18-19,21,26H,2-8,13-15H2,1H3. The van der Waals surface area contributed by atoms with Crippen LogP contribution in [0.1, 0.15) is 63.5 Å². The molecule has 2 aliphatic heterocycles. The second-order valence-corrected chi connectivity index (χ2v) is 8.40. The van der Waals surface area contributed by atoms with Gasteiger partial charge in [-0.1, -0.05) is 38.3 Å². The van der Waals surface area contributed by atoms with Crippen LogP contribution in [-0.2, 0) is 14.3 Å². The van der Waals surface area contributed by atoms with Crippen molar-refractivity contribution in [1.82, 2.24) is 4.90 Å². The van der Waals surface area contributed by atoms with E-state index in [1.807, 2.05) is 24.3 Å². The minimum absolute atomic E-state index is 0.0413. The second-order valence-electron chi connectivity index (χ2n) is 8.40. The van der Waals surface area contributed by atoms with Crippen LogP contribution in [0.25, 0.3) is 0 Å². The molecule has 1 aliphatic carbocycles. The number of amides is 1. The van der Waals surface area contributed by atoms with Crippen molar-refractivity contribution in [2.75, 3.05) is 19.8 Å². The lowest BCUT2D eigenvalue weighted by Gasteiger charge is -2.35. The average molecular weight is 414 g/mol. The van der Waals surface area contributed by atoms with Crippen LogP contribution in [0.5, 0.6) is 5.75 Å². The Balaban J connectivity index is 1.60. The number of aliphatic hydroxyl groups is 1. The normalized spacial score (nSPS) is 25.8. The Morgan fingerprint density at radius 3 is 2.63 bits per heavy atom. The van der Waals surface area contributed by atoms with Gasteiger partial charge in [0.15, 0.2) is 11.5 Å². The number of carbonyl (C=O) groups excluding carboxylic acids is 2. The number of carbonyl (C=O) groups is 2. The van der Waals surface area contributed by atoms with Crippen LogP contribution in [-0.4, -0.2) is 47.6 Å². The molecule has 1 aromatic carbocycles. The number of ether oxygens (including phenoxy) is 2. The summed E-state index contributed by atoms with van der Waals surface area (Å²) in [5, 5.41) is 9.54. The summed E-state index contributed by atoms with van der Waals surface area (Å²) in [7, 11) is 0. The number of β-amino-alcohol motifs (C(OH)–C–C–N with tert-alkyl or cyclic N) is 1. The van der Waals surface area contributed by atoms with Crippen molar-refractivity contribution in [3.63, 3.8) is 0 Å². The van der Waals surface area contributed by atoms with Gasteiger partial charge in [0.25, 0.3) is 5.91 Å². The van der Waals surface area contributed by atoms with Gasteiger partial charge in [-0.05, 0) is 43.4 Å². The number of rotatable bonds is 8. The molecule has 3 unspecified atom stereocenters. The second kappa shape index (κ2) is 9.21. The van der Waals surface area contributed by atoms with E-state index in [0.29, 0.717) is 12.2 Å². The highest BCUT2D eigenvalue weighted by Gasteiger charge is 2.51. The van der Waals surface area contributed by atoms with Crippen LogP contribution >= 0.6 is 0 Å². The number of fused-ring (bicyclic) bond motifs is 1. The third-order valence-electron chi connectivity index (χ3n) is 6.41. The van der Waals surface area contributed by atoms with E-state index in [-0.39, 0.29) is 42.6 Å². The zero-order valence-corrected chi connectivity index (χ0v) is 17.6. The van der Waals surface area contributed by atoms with E-state index in [0.717, 1.165) is 56.3 Å². The summed E-state index contributed by atoms with van der Waals surface area (Å²) < 4.78 is 11.9. The van der Waals surface area contributed by atoms with Crippen molar-refractivity contribution < 1.29 is 24.2 Å². The van der Waals surface area contributed by atoms with Gasteiger partial charge < -0.3 is 19.5 Å². The molecule has 6 heteroatoms. The molecule has 2 heterocycles. The van der Waals surface area contributed by atoms with Crippen molar-refractivity contribution in [1.29, 1.82) is 0 Å². The third-order valence-corrected chi connectivity index (χ3v) is 6.41. The Hall–Kier alpha value is -2.34. The predicted molar refractivity (Wildman–Crippen MR) is 112 cm³/mol. The fraction of sp³-hybridized carbons (Fsp3) is 0.583. The number of Topliss-reactive ketones (excluding diaryl/α,β-unsaturated/α-hetero) is 1. The van der Waals surface area contributed by atoms with Crippen molar-refractivity contribution in [3.05, 3.63) is 41.2 Å². The predicted octanol–water partition coefficient (Wildman–Crippen LogP) is 3.54. The molecule has 3 atom stereocenters. The Kier molecular flexibility index (Phi) is 6.42. The molecule has 1 N–H and O–H groups in total. The highest BCUT2D eigenvalue weighted by molar-refractivity contribution is 6.11. The van der Waals surface area contributed by atoms with E-state index in [9.17, 15) is 14.7 Å². The third kappa shape index (κ3) is 3.85. The summed E-state index contributed by atoms with van der Waals surface area (Å²) >= 11 is 0. The van der Waals surface area contributed by atoms with Crippen LogP contribution in [0.15, 0.2) is 35.6 Å². The van der Waals surface area contributed by atoms with E-state index < -0.39 is 6.04 Å². The van der Waals surface area contributed by atoms with Gasteiger partial charge in [0.2, 0.25) is 0 Å². The molecule has 0 aromatic heterocycles. The SMILES string of the molecule is CCCCCOc1ccc(C2C3=C(OC4CCCCC4C3=O)C(=O)N2CCO)cc1. The van der Waals surface area contributed by atoms with Crippen LogP contribution in [0.2, 0.25) is 0 Å². The molecule has 6 nitrogen and oxygen atoms in total. The zero-order valence-electron chi connectivity index (χ0n) is 17.6. The fourth-order valence-electron chi connectivity index (χ4n) is 4.87. The van der Waals surface area contributed by atoms with Gasteiger partial charge >= 0.3 is 0 Å². The first-order valence-corrected chi connectivity index (χ1v) is 11.2. The molecule has 1 aromatic rings. The fourth-order valence-corrected chi connectivity index (χ4v) is 4.87. The van der Waals surface area contributed by atoms with Gasteiger partial charge in [-0.15, -0.1) is 0 Å². The summed E-state index contributed by atoms with van der Waals surface area (Å²) in [6.45, 7) is 2.83. The van der Waals surface area contributed by atoms with Crippen LogP contribution in [0, 0.1) is 5.92 Å². The van der Waals surface area contributed by atoms with Crippen molar-refractivity contribution >= 4 is 11.7 Å². The van der Waals surface area contributed by atoms with Gasteiger partial charge in [0, 0.05) is 6.54 Å². The van der Waals surface area contributed by atoms with Crippen LogP contribution in [0.4, 0.5) is 0 Å². The van der Waals surface area contributed by atoms with E-state index in [4.69, 9.17) is 9.47 Å². The van der Waals surface area contributed by atoms with E-state index in [2.05, 4.69) is 6.92 Å². The van der Waals surface area contributed by atoms with E-state index in [1.165, 1.54) is 0 Å². The number of hydrogen-bond donors (Lipinski definition) is 1. The van der Waals surface area contributed by atoms with E-state index >= 15 is 0 Å². The van der Waals surface area contributed by atoms with Crippen molar-refractivity contribution in [3.8, 4) is 5.75 Å². The zero-order chi connectivity index (χ0) is 21.1. The number of hydrogen-bond acceptors (Lipinski definition) is 5. The molecule has 3 aliphatic rings. The van der Waals surface area contributed by atoms with Gasteiger partial charge in [-0.2, -0.15) is 0 Å². The minimum atomic E-state index is -0.510. The number of benzene rings is 1. The van der Waals surface area contributed by atoms with Gasteiger partial charge in [0.05, 0.1) is 30.7 Å². The average Bonchev–Trinajstić information content (AvgIpc) is 3.04. The molecule has 162 valence electrons. The lowest BCUT2D eigenvalue weighted by molar-refractivity contribution is -0.135. The van der Waals surface area contributed by atoms with E-state index in [1.54, 1.807) is 4.90 Å². The first-order chi connectivity index (χ1) is 14.7. The highest BCUT2D eigenvalue weighted by Crippen LogP contribution is 2.46. The molecule has 30 heavy (non-hydrogen) atoms. The van der Waals surface area contributed by atoms with Gasteiger partial charge in [-0.25, -0.2) is 0 Å². The Morgan fingerprint density at radius 1 is 1.13 bits per heavy atom. The number of nitrogens with zero attached hydrogens (tertiary/aromatic N) is 1. The minimum Gasteiger partial charge on any atom is -0.494 e. The summed E-state index contributed by atoms with van der Waals surface area (Å²) in [5.74, 6) is 0.561. The Bertz CT molecular complexity index is 815. The molecule has 0 saturated heterocycles. The molecular formula is C24H31NO5. The maximum absolute atomic E-state index is 13.4. The lowest BCUT2D eigenvalue weighted by Crippen LogP contribution is -2.39. The Labute approximate surface area is 177 Å². The molecular weight excluding hydrogens is 382 g/mol. The molecule has 1 saturated carbocycles. The maximum atomic E-state index is 13.4. The summed E-state index contributed by atoms with van der Waals surface area (Å²) in [4.78, 5) is 28.0. The lowest BCUT2D eigenvalue weighted by atomic mass is 9.77. The largest absolute Gasteiger partial charge is 0.494 e. The molecule has 0 radical (unpaired) electrons. The van der Waals surface area contributed by atoms with Crippen LogP contribution in [0.3, 0.4) is 0 Å². The monoisotopic (exact) mass is 413 g/mol. The van der Waals surface area contributed by atoms with Crippen LogP contribution < -0.4 is 4.74 Å². The summed E-state index contributed by atoms with van der Waals surface area (Å²) in [6.07, 6.45) is 6.78. The van der Waals surface area contributed by atoms with Gasteiger partial charge in [0.1, 0.15) is 11.9 Å².